The second-order valence-corrected chi connectivity index (χ2v) is 9.93. The molecule has 1 saturated heterocycles. The Balaban J connectivity index is 0.959. The maximum Gasteiger partial charge on any atom is 0.407 e. The Bertz CT molecular complexity index is 1380. The van der Waals surface area contributed by atoms with Crippen molar-refractivity contribution in [1.82, 2.24) is 15.3 Å². The number of nitrogens with one attached hydrogen (secondary N) is 1. The summed E-state index contributed by atoms with van der Waals surface area (Å²) >= 11 is 0. The molecule has 0 radical (unpaired) electrons. The summed E-state index contributed by atoms with van der Waals surface area (Å²) in [5.41, 5.74) is 5.11. The molecular weight excluding hydrogens is 498 g/mol. The Morgan fingerprint density at radius 2 is 1.28 bits per heavy atom. The number of rotatable bonds is 6. The number of hydroxylamine groups is 2. The van der Waals surface area contributed by atoms with Gasteiger partial charge >= 0.3 is 12.1 Å². The lowest BCUT2D eigenvalue weighted by molar-refractivity contribution is -0.170. The topological polar surface area (TPSA) is 105 Å². The van der Waals surface area contributed by atoms with Gasteiger partial charge in [0.1, 0.15) is 6.61 Å². The van der Waals surface area contributed by atoms with Crippen LogP contribution < -0.4 is 5.32 Å². The molecule has 3 aliphatic rings. The molecule has 9 nitrogen and oxygen atoms in total. The van der Waals surface area contributed by atoms with Crippen LogP contribution in [0.25, 0.3) is 11.1 Å². The summed E-state index contributed by atoms with van der Waals surface area (Å²) in [6.07, 6.45) is 0.801. The number of nitrogens with zero attached hydrogens (tertiary/aromatic N) is 2. The molecule has 0 unspecified atom stereocenters. The fraction of sp³-hybridized carbons (Fsp3) is 0.267. The van der Waals surface area contributed by atoms with E-state index in [2.05, 4.69) is 29.6 Å². The number of carbonyl (C=O) groups excluding carboxylic acids is 4. The highest BCUT2D eigenvalue weighted by Gasteiger charge is 2.39. The Labute approximate surface area is 225 Å². The van der Waals surface area contributed by atoms with Gasteiger partial charge in [-0.05, 0) is 47.2 Å². The van der Waals surface area contributed by atoms with Gasteiger partial charge in [-0.15, -0.1) is 0 Å². The molecule has 2 heterocycles. The molecular formula is C30H27N3O6. The molecule has 1 fully saturated rings. The van der Waals surface area contributed by atoms with Crippen LogP contribution in [0.5, 0.6) is 0 Å². The van der Waals surface area contributed by atoms with Gasteiger partial charge in [0.05, 0.1) is 17.7 Å². The van der Waals surface area contributed by atoms with E-state index in [0.29, 0.717) is 31.0 Å². The predicted octanol–water partition coefficient (Wildman–Crippen LogP) is 3.74. The maximum atomic E-state index is 12.6. The van der Waals surface area contributed by atoms with Crippen molar-refractivity contribution >= 4 is 23.9 Å². The van der Waals surface area contributed by atoms with E-state index in [-0.39, 0.29) is 36.2 Å². The lowest BCUT2D eigenvalue weighted by atomic mass is 9.98. The van der Waals surface area contributed by atoms with Gasteiger partial charge in [0.2, 0.25) is 0 Å². The average molecular weight is 526 g/mol. The zero-order chi connectivity index (χ0) is 26.9. The number of imide groups is 1. The normalized spacial score (nSPS) is 17.0. The van der Waals surface area contributed by atoms with Crippen molar-refractivity contribution in [1.29, 1.82) is 0 Å². The summed E-state index contributed by atoms with van der Waals surface area (Å²) in [6, 6.07) is 22.7. The minimum atomic E-state index is -0.688. The molecule has 2 aliphatic heterocycles. The molecule has 0 saturated carbocycles. The molecule has 1 N–H and O–H groups in total. The van der Waals surface area contributed by atoms with Gasteiger partial charge in [0.15, 0.2) is 0 Å². The maximum absolute atomic E-state index is 12.6. The number of hydrogen-bond donors (Lipinski definition) is 1. The first-order valence-corrected chi connectivity index (χ1v) is 13.0. The molecule has 0 bridgehead atoms. The number of fused-ring (bicyclic) bond motifs is 4. The lowest BCUT2D eigenvalue weighted by Crippen LogP contribution is -2.47. The number of amides is 3. The molecule has 3 aromatic rings. The van der Waals surface area contributed by atoms with Crippen LogP contribution in [0.2, 0.25) is 0 Å². The molecule has 9 heteroatoms. The zero-order valence-corrected chi connectivity index (χ0v) is 21.2. The zero-order valence-electron chi connectivity index (χ0n) is 21.2. The molecule has 6 rings (SSSR count). The molecule has 1 aliphatic carbocycles. The van der Waals surface area contributed by atoms with Crippen LogP contribution in [0.4, 0.5) is 4.79 Å². The first kappa shape index (κ1) is 24.8. The molecule has 0 aromatic heterocycles. The van der Waals surface area contributed by atoms with Gasteiger partial charge in [-0.2, -0.15) is 0 Å². The summed E-state index contributed by atoms with van der Waals surface area (Å²) in [7, 11) is 0. The smallest absolute Gasteiger partial charge is 0.407 e. The van der Waals surface area contributed by atoms with Gasteiger partial charge in [0, 0.05) is 25.0 Å². The van der Waals surface area contributed by atoms with Crippen molar-refractivity contribution in [3.05, 3.63) is 95.1 Å². The number of benzene rings is 3. The molecule has 0 atom stereocenters. The van der Waals surface area contributed by atoms with Crippen molar-refractivity contribution in [3.63, 3.8) is 0 Å². The summed E-state index contributed by atoms with van der Waals surface area (Å²) in [5.74, 6) is -1.98. The Hall–Kier alpha value is -4.50. The van der Waals surface area contributed by atoms with E-state index >= 15 is 0 Å². The number of ether oxygens (including phenoxy) is 1. The first-order valence-electron chi connectivity index (χ1n) is 13.0. The second-order valence-electron chi connectivity index (χ2n) is 9.93. The summed E-state index contributed by atoms with van der Waals surface area (Å²) in [5, 5.41) is 3.47. The van der Waals surface area contributed by atoms with Crippen LogP contribution >= 0.6 is 0 Å². The highest BCUT2D eigenvalue weighted by Crippen LogP contribution is 2.44. The highest BCUT2D eigenvalue weighted by molar-refractivity contribution is 6.20. The van der Waals surface area contributed by atoms with Gasteiger partial charge in [-0.1, -0.05) is 65.7 Å². The standard InChI is InChI=1S/C30H27N3O6/c34-27(39-33-28(35)24-11-5-6-12-25(24)29(33)36)17-32-15-13-19(14-16-32)31-30(37)38-18-26-22-9-3-1-7-20(22)21-8-2-4-10-23(21)26/h1-12,19,26H,13-18H2,(H,31,37). The highest BCUT2D eigenvalue weighted by atomic mass is 16.7. The third kappa shape index (κ3) is 4.77. The Morgan fingerprint density at radius 3 is 1.85 bits per heavy atom. The van der Waals surface area contributed by atoms with Gasteiger partial charge in [-0.25, -0.2) is 9.59 Å². The average Bonchev–Trinajstić information content (AvgIpc) is 3.40. The molecule has 198 valence electrons. The van der Waals surface area contributed by atoms with Crippen LogP contribution in [0.3, 0.4) is 0 Å². The second kappa shape index (κ2) is 10.3. The fourth-order valence-electron chi connectivity index (χ4n) is 5.61. The number of carbonyl (C=O) groups is 4. The van der Waals surface area contributed by atoms with Gasteiger partial charge < -0.3 is 14.9 Å². The first-order chi connectivity index (χ1) is 19.0. The quantitative estimate of drug-likeness (QED) is 0.489. The van der Waals surface area contributed by atoms with E-state index in [9.17, 15) is 19.2 Å². The Kier molecular flexibility index (Phi) is 6.58. The van der Waals surface area contributed by atoms with Crippen molar-refractivity contribution in [2.45, 2.75) is 24.8 Å². The molecule has 39 heavy (non-hydrogen) atoms. The van der Waals surface area contributed by atoms with E-state index in [0.717, 1.165) is 11.1 Å². The van der Waals surface area contributed by atoms with Gasteiger partial charge in [0.25, 0.3) is 11.8 Å². The van der Waals surface area contributed by atoms with Crippen molar-refractivity contribution in [2.24, 2.45) is 0 Å². The Morgan fingerprint density at radius 1 is 0.769 bits per heavy atom. The van der Waals surface area contributed by atoms with Crippen LogP contribution in [0.1, 0.15) is 50.6 Å². The van der Waals surface area contributed by atoms with Crippen LogP contribution in [0, 0.1) is 0 Å². The van der Waals surface area contributed by atoms with Crippen LogP contribution in [-0.2, 0) is 14.4 Å². The minimum absolute atomic E-state index is 0.00169. The lowest BCUT2D eigenvalue weighted by Gasteiger charge is -2.31. The fourth-order valence-corrected chi connectivity index (χ4v) is 5.61. The summed E-state index contributed by atoms with van der Waals surface area (Å²) in [6.45, 7) is 1.28. The van der Waals surface area contributed by atoms with E-state index in [4.69, 9.17) is 9.57 Å². The minimum Gasteiger partial charge on any atom is -0.449 e. The van der Waals surface area contributed by atoms with Crippen molar-refractivity contribution < 1.29 is 28.8 Å². The van der Waals surface area contributed by atoms with Gasteiger partial charge in [-0.3, -0.25) is 14.5 Å². The molecule has 0 spiro atoms. The number of hydrogen-bond acceptors (Lipinski definition) is 7. The van der Waals surface area contributed by atoms with Crippen molar-refractivity contribution in [3.8, 4) is 11.1 Å². The summed E-state index contributed by atoms with van der Waals surface area (Å²) < 4.78 is 5.65. The summed E-state index contributed by atoms with van der Waals surface area (Å²) in [4.78, 5) is 56.8. The third-order valence-electron chi connectivity index (χ3n) is 7.56. The number of likely N-dealkylation sites (tertiary alicyclic amines) is 1. The number of piperidine rings is 1. The third-order valence-corrected chi connectivity index (χ3v) is 7.56. The molecule has 3 aromatic carbocycles. The van der Waals surface area contributed by atoms with E-state index in [1.807, 2.05) is 29.2 Å². The number of alkyl carbamates (subject to hydrolysis) is 1. The van der Waals surface area contributed by atoms with E-state index in [1.165, 1.54) is 23.3 Å². The van der Waals surface area contributed by atoms with E-state index < -0.39 is 23.9 Å². The monoisotopic (exact) mass is 525 g/mol. The predicted molar refractivity (Wildman–Crippen MR) is 141 cm³/mol. The van der Waals surface area contributed by atoms with Crippen LogP contribution in [-0.4, -0.2) is 66.1 Å². The largest absolute Gasteiger partial charge is 0.449 e. The van der Waals surface area contributed by atoms with Crippen LogP contribution in [0.15, 0.2) is 72.8 Å². The SMILES string of the molecule is O=C(CN1CCC(NC(=O)OCC2c3ccccc3-c3ccccc32)CC1)ON1C(=O)c2ccccc2C1=O. The van der Waals surface area contributed by atoms with E-state index in [1.54, 1.807) is 12.1 Å². The van der Waals surface area contributed by atoms with Crippen molar-refractivity contribution in [2.75, 3.05) is 26.2 Å². The molecule has 3 amide bonds.